The first kappa shape index (κ1) is 14.6. The number of aryl methyl sites for hydroxylation is 1. The second-order valence-corrected chi connectivity index (χ2v) is 6.34. The Labute approximate surface area is 119 Å². The molecule has 0 amide bonds. The maximum Gasteiger partial charge on any atom is 0.261 e. The van der Waals surface area contributed by atoms with Crippen LogP contribution in [0.4, 0.5) is 5.69 Å². The molecule has 0 radical (unpaired) electrons. The standard InChI is InChI=1S/C15H18N2O2S/c1-12-2-6-14(7-3-12)17-20(18,19)15-8-4-13(5-9-15)10-11-16/h2-9,17H,10-11,16H2,1H3. The van der Waals surface area contributed by atoms with E-state index < -0.39 is 10.0 Å². The number of nitrogens with two attached hydrogens (primary N) is 1. The van der Waals surface area contributed by atoms with Gasteiger partial charge in [-0.3, -0.25) is 4.72 Å². The van der Waals surface area contributed by atoms with E-state index >= 15 is 0 Å². The molecule has 0 spiro atoms. The van der Waals surface area contributed by atoms with Gasteiger partial charge in [0.25, 0.3) is 10.0 Å². The molecule has 4 nitrogen and oxygen atoms in total. The van der Waals surface area contributed by atoms with Crippen LogP contribution in [0.15, 0.2) is 53.4 Å². The van der Waals surface area contributed by atoms with Crippen LogP contribution in [0.2, 0.25) is 0 Å². The fourth-order valence-electron chi connectivity index (χ4n) is 1.84. The Morgan fingerprint density at radius 1 is 1.00 bits per heavy atom. The van der Waals surface area contributed by atoms with E-state index in [9.17, 15) is 8.42 Å². The molecule has 0 atom stereocenters. The Morgan fingerprint density at radius 2 is 1.60 bits per heavy atom. The first-order valence-electron chi connectivity index (χ1n) is 6.40. The zero-order valence-electron chi connectivity index (χ0n) is 11.3. The quantitative estimate of drug-likeness (QED) is 0.887. The van der Waals surface area contributed by atoms with Gasteiger partial charge < -0.3 is 5.73 Å². The van der Waals surface area contributed by atoms with Gasteiger partial charge in [-0.25, -0.2) is 8.42 Å². The Kier molecular flexibility index (Phi) is 4.42. The van der Waals surface area contributed by atoms with Gasteiger partial charge in [-0.2, -0.15) is 0 Å². The van der Waals surface area contributed by atoms with Crippen molar-refractivity contribution >= 4 is 15.7 Å². The third-order valence-corrected chi connectivity index (χ3v) is 4.37. The zero-order valence-corrected chi connectivity index (χ0v) is 12.2. The number of sulfonamides is 1. The highest BCUT2D eigenvalue weighted by atomic mass is 32.2. The molecule has 0 unspecified atom stereocenters. The lowest BCUT2D eigenvalue weighted by Gasteiger charge is -2.09. The van der Waals surface area contributed by atoms with Crippen molar-refractivity contribution < 1.29 is 8.42 Å². The highest BCUT2D eigenvalue weighted by Gasteiger charge is 2.13. The maximum atomic E-state index is 12.2. The van der Waals surface area contributed by atoms with Crippen molar-refractivity contribution in [3.8, 4) is 0 Å². The summed E-state index contributed by atoms with van der Waals surface area (Å²) in [6.45, 7) is 2.50. The summed E-state index contributed by atoms with van der Waals surface area (Å²) in [4.78, 5) is 0.249. The molecule has 0 aliphatic heterocycles. The lowest BCUT2D eigenvalue weighted by atomic mass is 10.2. The lowest BCUT2D eigenvalue weighted by molar-refractivity contribution is 0.601. The van der Waals surface area contributed by atoms with Crippen LogP contribution in [0.3, 0.4) is 0 Å². The van der Waals surface area contributed by atoms with E-state index in [-0.39, 0.29) is 4.90 Å². The van der Waals surface area contributed by atoms with E-state index in [0.29, 0.717) is 12.2 Å². The summed E-state index contributed by atoms with van der Waals surface area (Å²) in [7, 11) is -3.54. The third-order valence-electron chi connectivity index (χ3n) is 2.97. The fraction of sp³-hybridized carbons (Fsp3) is 0.200. The van der Waals surface area contributed by atoms with Crippen molar-refractivity contribution in [2.24, 2.45) is 5.73 Å². The first-order valence-corrected chi connectivity index (χ1v) is 7.88. The molecule has 0 saturated heterocycles. The number of rotatable bonds is 5. The SMILES string of the molecule is Cc1ccc(NS(=O)(=O)c2ccc(CCN)cc2)cc1. The molecule has 3 N–H and O–H groups in total. The summed E-state index contributed by atoms with van der Waals surface area (Å²) in [5.41, 5.74) is 8.14. The van der Waals surface area contributed by atoms with Gasteiger partial charge >= 0.3 is 0 Å². The molecule has 2 aromatic carbocycles. The summed E-state index contributed by atoms with van der Waals surface area (Å²) in [6.07, 6.45) is 0.742. The predicted octanol–water partition coefficient (Wildman–Crippen LogP) is 2.30. The van der Waals surface area contributed by atoms with Gasteiger partial charge in [-0.1, -0.05) is 29.8 Å². The van der Waals surface area contributed by atoms with Crippen LogP contribution in [0.1, 0.15) is 11.1 Å². The van der Waals surface area contributed by atoms with Gasteiger partial charge in [0.05, 0.1) is 4.90 Å². The van der Waals surface area contributed by atoms with E-state index in [4.69, 9.17) is 5.73 Å². The van der Waals surface area contributed by atoms with Crippen LogP contribution in [0.25, 0.3) is 0 Å². The number of benzene rings is 2. The minimum Gasteiger partial charge on any atom is -0.330 e. The minimum atomic E-state index is -3.54. The second kappa shape index (κ2) is 6.07. The lowest BCUT2D eigenvalue weighted by Crippen LogP contribution is -2.13. The smallest absolute Gasteiger partial charge is 0.261 e. The number of anilines is 1. The van der Waals surface area contributed by atoms with E-state index in [2.05, 4.69) is 4.72 Å². The Morgan fingerprint density at radius 3 is 2.15 bits per heavy atom. The van der Waals surface area contributed by atoms with Crippen LogP contribution >= 0.6 is 0 Å². The van der Waals surface area contributed by atoms with Crippen LogP contribution < -0.4 is 10.5 Å². The molecule has 20 heavy (non-hydrogen) atoms. The van der Waals surface area contributed by atoms with Crippen molar-refractivity contribution in [2.75, 3.05) is 11.3 Å². The van der Waals surface area contributed by atoms with Crippen molar-refractivity contribution in [3.05, 3.63) is 59.7 Å². The third kappa shape index (κ3) is 3.59. The zero-order chi connectivity index (χ0) is 14.6. The molecule has 0 aliphatic rings. The van der Waals surface area contributed by atoms with Crippen LogP contribution in [-0.4, -0.2) is 15.0 Å². The summed E-state index contributed by atoms with van der Waals surface area (Å²) in [6, 6.07) is 14.0. The molecule has 0 heterocycles. The minimum absolute atomic E-state index is 0.249. The molecule has 0 aromatic heterocycles. The second-order valence-electron chi connectivity index (χ2n) is 4.65. The predicted molar refractivity (Wildman–Crippen MR) is 81.2 cm³/mol. The topological polar surface area (TPSA) is 72.2 Å². The van der Waals surface area contributed by atoms with Crippen molar-refractivity contribution in [3.63, 3.8) is 0 Å². The Balaban J connectivity index is 2.19. The number of hydrogen-bond acceptors (Lipinski definition) is 3. The van der Waals surface area contributed by atoms with Crippen LogP contribution in [0, 0.1) is 6.92 Å². The largest absolute Gasteiger partial charge is 0.330 e. The molecule has 2 rings (SSSR count). The molecular weight excluding hydrogens is 272 g/mol. The number of hydrogen-bond donors (Lipinski definition) is 2. The van der Waals surface area contributed by atoms with Crippen molar-refractivity contribution in [2.45, 2.75) is 18.2 Å². The molecule has 106 valence electrons. The molecule has 0 fully saturated rings. The highest BCUT2D eigenvalue weighted by molar-refractivity contribution is 7.92. The monoisotopic (exact) mass is 290 g/mol. The van der Waals surface area contributed by atoms with Crippen molar-refractivity contribution in [1.29, 1.82) is 0 Å². The molecule has 0 bridgehead atoms. The summed E-state index contributed by atoms with van der Waals surface area (Å²) in [5, 5.41) is 0. The molecule has 2 aromatic rings. The maximum absolute atomic E-state index is 12.2. The van der Waals surface area contributed by atoms with Gasteiger partial charge in [0.15, 0.2) is 0 Å². The van der Waals surface area contributed by atoms with E-state index in [1.807, 2.05) is 19.1 Å². The fourth-order valence-corrected chi connectivity index (χ4v) is 2.90. The van der Waals surface area contributed by atoms with Gasteiger partial charge in [0, 0.05) is 5.69 Å². The van der Waals surface area contributed by atoms with Crippen LogP contribution in [-0.2, 0) is 16.4 Å². The summed E-state index contributed by atoms with van der Waals surface area (Å²) in [5.74, 6) is 0. The normalized spacial score (nSPS) is 11.3. The Bertz CT molecular complexity index is 662. The molecule has 5 heteroatoms. The van der Waals surface area contributed by atoms with Gasteiger partial charge in [0.1, 0.15) is 0 Å². The van der Waals surface area contributed by atoms with E-state index in [1.54, 1.807) is 36.4 Å². The average Bonchev–Trinajstić information content (AvgIpc) is 2.42. The molecule has 0 aliphatic carbocycles. The van der Waals surface area contributed by atoms with Gasteiger partial charge in [0.2, 0.25) is 0 Å². The van der Waals surface area contributed by atoms with Crippen LogP contribution in [0.5, 0.6) is 0 Å². The highest BCUT2D eigenvalue weighted by Crippen LogP contribution is 2.17. The molecular formula is C15H18N2O2S. The van der Waals surface area contributed by atoms with Gasteiger partial charge in [-0.05, 0) is 49.7 Å². The van der Waals surface area contributed by atoms with E-state index in [1.165, 1.54) is 0 Å². The first-order chi connectivity index (χ1) is 9.51. The van der Waals surface area contributed by atoms with Crippen molar-refractivity contribution in [1.82, 2.24) is 0 Å². The summed E-state index contributed by atoms with van der Waals surface area (Å²) < 4.78 is 27.0. The summed E-state index contributed by atoms with van der Waals surface area (Å²) >= 11 is 0. The molecule has 0 saturated carbocycles. The van der Waals surface area contributed by atoms with Gasteiger partial charge in [-0.15, -0.1) is 0 Å². The number of nitrogens with one attached hydrogen (secondary N) is 1. The average molecular weight is 290 g/mol. The van der Waals surface area contributed by atoms with E-state index in [0.717, 1.165) is 17.5 Å². The Hall–Kier alpha value is -1.85.